The number of pyridine rings is 1. The first kappa shape index (κ1) is 13.5. The van der Waals surface area contributed by atoms with Gasteiger partial charge in [-0.05, 0) is 11.6 Å². The predicted octanol–water partition coefficient (Wildman–Crippen LogP) is -0.324. The fourth-order valence-electron chi connectivity index (χ4n) is 2.44. The Kier molecular flexibility index (Phi) is 4.11. The number of nitrogens with two attached hydrogens (primary N) is 1. The molecular weight excluding hydrogens is 244 g/mol. The summed E-state index contributed by atoms with van der Waals surface area (Å²) in [5.41, 5.74) is 6.25. The van der Waals surface area contributed by atoms with Crippen molar-refractivity contribution in [3.63, 3.8) is 0 Å². The van der Waals surface area contributed by atoms with Crippen molar-refractivity contribution < 1.29 is 9.59 Å². The first-order valence-electron chi connectivity index (χ1n) is 6.28. The van der Waals surface area contributed by atoms with Crippen molar-refractivity contribution in [3.05, 3.63) is 30.1 Å². The van der Waals surface area contributed by atoms with E-state index >= 15 is 0 Å². The summed E-state index contributed by atoms with van der Waals surface area (Å²) in [6, 6.07) is 3.44. The number of carbonyl (C=O) groups is 2. The van der Waals surface area contributed by atoms with Gasteiger partial charge in [0.1, 0.15) is 0 Å². The highest BCUT2D eigenvalue weighted by Crippen LogP contribution is 2.36. The highest BCUT2D eigenvalue weighted by atomic mass is 16.2. The Morgan fingerprint density at radius 3 is 3.05 bits per heavy atom. The molecule has 1 aliphatic heterocycles. The predicted molar refractivity (Wildman–Crippen MR) is 69.9 cm³/mol. The molecule has 0 spiro atoms. The zero-order valence-corrected chi connectivity index (χ0v) is 10.9. The normalized spacial score (nSPS) is 22.6. The Morgan fingerprint density at radius 1 is 1.63 bits per heavy atom. The number of likely N-dealkylation sites (tertiary alicyclic amines) is 1. The molecule has 0 aromatic carbocycles. The quantitative estimate of drug-likeness (QED) is 0.778. The van der Waals surface area contributed by atoms with Gasteiger partial charge in [-0.3, -0.25) is 14.6 Å². The zero-order chi connectivity index (χ0) is 13.8. The van der Waals surface area contributed by atoms with E-state index in [0.29, 0.717) is 13.1 Å². The summed E-state index contributed by atoms with van der Waals surface area (Å²) in [5, 5.41) is 2.75. The summed E-state index contributed by atoms with van der Waals surface area (Å²) in [5.74, 6) is -0.535. The largest absolute Gasteiger partial charge is 0.355 e. The van der Waals surface area contributed by atoms with Crippen molar-refractivity contribution in [2.24, 2.45) is 11.7 Å². The summed E-state index contributed by atoms with van der Waals surface area (Å²) < 4.78 is 0. The molecule has 6 nitrogen and oxygen atoms in total. The van der Waals surface area contributed by atoms with Gasteiger partial charge in [-0.2, -0.15) is 0 Å². The maximum absolute atomic E-state index is 12.1. The van der Waals surface area contributed by atoms with E-state index in [2.05, 4.69) is 10.3 Å². The van der Waals surface area contributed by atoms with Crippen molar-refractivity contribution in [3.8, 4) is 0 Å². The van der Waals surface area contributed by atoms with Crippen LogP contribution >= 0.6 is 0 Å². The molecule has 6 heteroatoms. The Bertz CT molecular complexity index is 463. The van der Waals surface area contributed by atoms with Gasteiger partial charge in [-0.15, -0.1) is 0 Å². The highest BCUT2D eigenvalue weighted by Gasteiger charge is 2.42. The molecule has 2 unspecified atom stereocenters. The molecule has 102 valence electrons. The number of nitrogens with zero attached hydrogens (tertiary/aromatic N) is 2. The van der Waals surface area contributed by atoms with E-state index in [1.807, 2.05) is 6.07 Å². The van der Waals surface area contributed by atoms with Gasteiger partial charge in [-0.25, -0.2) is 0 Å². The summed E-state index contributed by atoms with van der Waals surface area (Å²) in [6.45, 7) is 0.812. The molecule has 0 aliphatic carbocycles. The van der Waals surface area contributed by atoms with E-state index in [-0.39, 0.29) is 30.2 Å². The SMILES string of the molecule is CN1C(=O)CC(C(=O)NCCN)C1c1cccnc1. The third kappa shape index (κ3) is 2.73. The number of rotatable bonds is 4. The zero-order valence-electron chi connectivity index (χ0n) is 10.9. The molecule has 19 heavy (non-hydrogen) atoms. The summed E-state index contributed by atoms with van der Waals surface area (Å²) in [4.78, 5) is 29.6. The first-order valence-corrected chi connectivity index (χ1v) is 6.28. The Labute approximate surface area is 112 Å². The molecule has 0 bridgehead atoms. The number of carbonyl (C=O) groups excluding carboxylic acids is 2. The molecule has 1 aromatic heterocycles. The molecule has 3 N–H and O–H groups in total. The van der Waals surface area contributed by atoms with E-state index in [0.717, 1.165) is 5.56 Å². The van der Waals surface area contributed by atoms with Gasteiger partial charge in [-0.1, -0.05) is 6.07 Å². The number of nitrogens with one attached hydrogen (secondary N) is 1. The van der Waals surface area contributed by atoms with Gasteiger partial charge in [0, 0.05) is 39.0 Å². The van der Waals surface area contributed by atoms with Gasteiger partial charge < -0.3 is 16.0 Å². The minimum absolute atomic E-state index is 0.0262. The average Bonchev–Trinajstić information content (AvgIpc) is 2.73. The second-order valence-corrected chi connectivity index (χ2v) is 4.63. The molecule has 1 aromatic rings. The van der Waals surface area contributed by atoms with Crippen LogP contribution in [0.4, 0.5) is 0 Å². The smallest absolute Gasteiger partial charge is 0.226 e. The van der Waals surface area contributed by atoms with Crippen LogP contribution < -0.4 is 11.1 Å². The van der Waals surface area contributed by atoms with Gasteiger partial charge >= 0.3 is 0 Å². The lowest BCUT2D eigenvalue weighted by Crippen LogP contribution is -2.37. The lowest BCUT2D eigenvalue weighted by atomic mass is 9.94. The third-order valence-electron chi connectivity index (χ3n) is 3.39. The number of aromatic nitrogens is 1. The van der Waals surface area contributed by atoms with Crippen molar-refractivity contribution in [2.45, 2.75) is 12.5 Å². The Hall–Kier alpha value is -1.95. The molecule has 1 aliphatic rings. The molecule has 2 rings (SSSR count). The van der Waals surface area contributed by atoms with Crippen molar-refractivity contribution in [1.29, 1.82) is 0 Å². The molecule has 0 saturated carbocycles. The van der Waals surface area contributed by atoms with Crippen LogP contribution in [-0.4, -0.2) is 41.8 Å². The number of amides is 2. The standard InChI is InChI=1S/C13H18N4O2/c1-17-11(18)7-10(13(19)16-6-4-14)12(17)9-3-2-5-15-8-9/h2-3,5,8,10,12H,4,6-7,14H2,1H3,(H,16,19). The van der Waals surface area contributed by atoms with E-state index in [4.69, 9.17) is 5.73 Å². The van der Waals surface area contributed by atoms with Crippen LogP contribution in [0.15, 0.2) is 24.5 Å². The molecule has 1 fully saturated rings. The van der Waals surface area contributed by atoms with Gasteiger partial charge in [0.2, 0.25) is 11.8 Å². The first-order chi connectivity index (χ1) is 9.15. The fourth-order valence-corrected chi connectivity index (χ4v) is 2.44. The van der Waals surface area contributed by atoms with Crippen LogP contribution in [0.25, 0.3) is 0 Å². The van der Waals surface area contributed by atoms with E-state index < -0.39 is 0 Å². The lowest BCUT2D eigenvalue weighted by Gasteiger charge is -2.24. The Morgan fingerprint density at radius 2 is 2.42 bits per heavy atom. The monoisotopic (exact) mass is 262 g/mol. The fraction of sp³-hybridized carbons (Fsp3) is 0.462. The minimum Gasteiger partial charge on any atom is -0.355 e. The maximum Gasteiger partial charge on any atom is 0.226 e. The van der Waals surface area contributed by atoms with Gasteiger partial charge in [0.15, 0.2) is 0 Å². The van der Waals surface area contributed by atoms with Crippen molar-refractivity contribution in [1.82, 2.24) is 15.2 Å². The van der Waals surface area contributed by atoms with Crippen LogP contribution in [0.5, 0.6) is 0 Å². The Balaban J connectivity index is 2.22. The third-order valence-corrected chi connectivity index (χ3v) is 3.39. The van der Waals surface area contributed by atoms with Gasteiger partial charge in [0.25, 0.3) is 0 Å². The highest BCUT2D eigenvalue weighted by molar-refractivity contribution is 5.90. The van der Waals surface area contributed by atoms with Crippen LogP contribution in [-0.2, 0) is 9.59 Å². The van der Waals surface area contributed by atoms with E-state index in [1.54, 1.807) is 30.4 Å². The summed E-state index contributed by atoms with van der Waals surface area (Å²) in [6.07, 6.45) is 3.60. The molecule has 2 amide bonds. The molecule has 1 saturated heterocycles. The second-order valence-electron chi connectivity index (χ2n) is 4.63. The average molecular weight is 262 g/mol. The second kappa shape index (κ2) is 5.79. The number of hydrogen-bond donors (Lipinski definition) is 2. The van der Waals surface area contributed by atoms with E-state index in [9.17, 15) is 9.59 Å². The summed E-state index contributed by atoms with van der Waals surface area (Å²) in [7, 11) is 1.72. The van der Waals surface area contributed by atoms with Crippen molar-refractivity contribution >= 4 is 11.8 Å². The topological polar surface area (TPSA) is 88.3 Å². The number of hydrogen-bond acceptors (Lipinski definition) is 4. The molecule has 2 atom stereocenters. The van der Waals surface area contributed by atoms with Crippen LogP contribution in [0.3, 0.4) is 0 Å². The molecular formula is C13H18N4O2. The van der Waals surface area contributed by atoms with Crippen LogP contribution in [0.2, 0.25) is 0 Å². The molecule has 2 heterocycles. The summed E-state index contributed by atoms with van der Waals surface area (Å²) >= 11 is 0. The van der Waals surface area contributed by atoms with Crippen molar-refractivity contribution in [2.75, 3.05) is 20.1 Å². The molecule has 0 radical (unpaired) electrons. The minimum atomic E-state index is -0.381. The van der Waals surface area contributed by atoms with Crippen LogP contribution in [0.1, 0.15) is 18.0 Å². The maximum atomic E-state index is 12.1. The van der Waals surface area contributed by atoms with E-state index in [1.165, 1.54) is 0 Å². The van der Waals surface area contributed by atoms with Crippen LogP contribution in [0, 0.1) is 5.92 Å². The van der Waals surface area contributed by atoms with Gasteiger partial charge in [0.05, 0.1) is 12.0 Å². The lowest BCUT2D eigenvalue weighted by molar-refractivity contribution is -0.128.